The summed E-state index contributed by atoms with van der Waals surface area (Å²) in [5.74, 6) is 0.293. The largest absolute Gasteiger partial charge is 0.377 e. The summed E-state index contributed by atoms with van der Waals surface area (Å²) in [6.45, 7) is 4.64. The monoisotopic (exact) mass is 399 g/mol. The van der Waals surface area contributed by atoms with Gasteiger partial charge < -0.3 is 9.64 Å². The van der Waals surface area contributed by atoms with Crippen molar-refractivity contribution >= 4 is 28.9 Å². The van der Waals surface area contributed by atoms with E-state index in [1.807, 2.05) is 12.1 Å². The van der Waals surface area contributed by atoms with Crippen LogP contribution in [-0.2, 0) is 4.74 Å². The van der Waals surface area contributed by atoms with Crippen LogP contribution in [-0.4, -0.2) is 25.8 Å². The van der Waals surface area contributed by atoms with E-state index in [-0.39, 0.29) is 18.2 Å². The van der Waals surface area contributed by atoms with Gasteiger partial charge in [-0.2, -0.15) is 0 Å². The van der Waals surface area contributed by atoms with Gasteiger partial charge in [0.2, 0.25) is 0 Å². The Labute approximate surface area is 172 Å². The molecule has 0 N–H and O–H groups in total. The molecule has 0 spiro atoms. The summed E-state index contributed by atoms with van der Waals surface area (Å²) < 4.78 is 19.0. The van der Waals surface area contributed by atoms with Gasteiger partial charge in [0.15, 0.2) is 0 Å². The maximum Gasteiger partial charge on any atom is 0.123 e. The van der Waals surface area contributed by atoms with Crippen molar-refractivity contribution in [2.75, 3.05) is 24.7 Å². The zero-order valence-electron chi connectivity index (χ0n) is 16.2. The molecular weight excluding hydrogens is 373 g/mol. The van der Waals surface area contributed by atoms with Crippen LogP contribution < -0.4 is 4.90 Å². The minimum Gasteiger partial charge on any atom is -0.377 e. The van der Waals surface area contributed by atoms with E-state index in [0.29, 0.717) is 12.0 Å². The molecule has 2 nitrogen and oxygen atoms in total. The Morgan fingerprint density at radius 1 is 1.04 bits per heavy atom. The van der Waals surface area contributed by atoms with E-state index in [0.717, 1.165) is 38.3 Å². The highest BCUT2D eigenvalue weighted by Crippen LogP contribution is 2.30. The Bertz CT molecular complexity index is 893. The van der Waals surface area contributed by atoms with Crippen LogP contribution in [0, 0.1) is 5.82 Å². The molecule has 28 heavy (non-hydrogen) atoms. The van der Waals surface area contributed by atoms with Crippen LogP contribution in [0.5, 0.6) is 0 Å². The summed E-state index contributed by atoms with van der Waals surface area (Å²) in [5, 5.41) is 2.65. The molecule has 0 amide bonds. The fourth-order valence-electron chi connectivity index (χ4n) is 4.14. The molecule has 1 unspecified atom stereocenters. The van der Waals surface area contributed by atoms with Crippen molar-refractivity contribution in [2.24, 2.45) is 0 Å². The van der Waals surface area contributed by atoms with E-state index >= 15 is 0 Å². The fourth-order valence-corrected chi connectivity index (χ4v) is 4.14. The molecule has 1 heterocycles. The van der Waals surface area contributed by atoms with Gasteiger partial charge in [-0.25, -0.2) is 4.39 Å². The van der Waals surface area contributed by atoms with E-state index in [4.69, 9.17) is 4.74 Å². The number of ether oxygens (including phenoxy) is 1. The third-order valence-electron chi connectivity index (χ3n) is 5.67. The average Bonchev–Trinajstić information content (AvgIpc) is 2.72. The van der Waals surface area contributed by atoms with Crippen molar-refractivity contribution in [1.82, 2.24) is 0 Å². The van der Waals surface area contributed by atoms with Gasteiger partial charge in [-0.15, -0.1) is 12.4 Å². The predicted octanol–water partition coefficient (Wildman–Crippen LogP) is 6.19. The lowest BCUT2D eigenvalue weighted by molar-refractivity contribution is 0.0905. The number of fused-ring (bicyclic) bond motifs is 1. The van der Waals surface area contributed by atoms with E-state index in [2.05, 4.69) is 54.3 Å². The predicted molar refractivity (Wildman–Crippen MR) is 117 cm³/mol. The van der Waals surface area contributed by atoms with Gasteiger partial charge in [-0.05, 0) is 59.4 Å². The third-order valence-corrected chi connectivity index (χ3v) is 5.67. The highest BCUT2D eigenvalue weighted by atomic mass is 35.5. The molecule has 0 bridgehead atoms. The molecule has 1 aliphatic rings. The van der Waals surface area contributed by atoms with Crippen molar-refractivity contribution in [3.05, 3.63) is 78.1 Å². The maximum absolute atomic E-state index is 13.3. The maximum atomic E-state index is 13.3. The van der Waals surface area contributed by atoms with Crippen LogP contribution >= 0.6 is 12.4 Å². The standard InChI is InChI=1S/C24H26FNO.ClH/c1-18(23-8-4-6-19-5-2-3-7-24(19)23)9-12-22-17-27-16-15-26(22)21-13-10-20(25)11-14-21;/h2-8,10-11,13-14,18,22H,9,12,15-17H2,1H3;1H/t18-,22?;/m0./s1. The smallest absolute Gasteiger partial charge is 0.123 e. The second kappa shape index (κ2) is 9.40. The Morgan fingerprint density at radius 2 is 1.79 bits per heavy atom. The SMILES string of the molecule is C[C@@H](CCC1COCCN1c1ccc(F)cc1)c1cccc2ccccc12.Cl. The van der Waals surface area contributed by atoms with Crippen LogP contribution in [0.25, 0.3) is 10.8 Å². The van der Waals surface area contributed by atoms with Crippen LogP contribution in [0.2, 0.25) is 0 Å². The number of nitrogens with zero attached hydrogens (tertiary/aromatic N) is 1. The Hall–Kier alpha value is -2.10. The first kappa shape index (κ1) is 20.6. The summed E-state index contributed by atoms with van der Waals surface area (Å²) in [6.07, 6.45) is 2.15. The van der Waals surface area contributed by atoms with E-state index in [1.165, 1.54) is 16.3 Å². The number of hydrogen-bond acceptors (Lipinski definition) is 2. The zero-order valence-corrected chi connectivity index (χ0v) is 17.0. The van der Waals surface area contributed by atoms with E-state index < -0.39 is 0 Å². The van der Waals surface area contributed by atoms with E-state index in [1.54, 1.807) is 12.1 Å². The molecule has 0 radical (unpaired) electrons. The molecule has 1 saturated heterocycles. The van der Waals surface area contributed by atoms with Crippen molar-refractivity contribution in [3.63, 3.8) is 0 Å². The highest BCUT2D eigenvalue weighted by Gasteiger charge is 2.24. The highest BCUT2D eigenvalue weighted by molar-refractivity contribution is 5.86. The quantitative estimate of drug-likeness (QED) is 0.507. The number of halogens is 2. The molecule has 2 atom stereocenters. The molecule has 1 aliphatic heterocycles. The summed E-state index contributed by atoms with van der Waals surface area (Å²) >= 11 is 0. The lowest BCUT2D eigenvalue weighted by Gasteiger charge is -2.38. The van der Waals surface area contributed by atoms with Crippen LogP contribution in [0.3, 0.4) is 0 Å². The molecule has 0 saturated carbocycles. The van der Waals surface area contributed by atoms with Gasteiger partial charge in [0, 0.05) is 12.2 Å². The first-order valence-electron chi connectivity index (χ1n) is 9.80. The van der Waals surface area contributed by atoms with Gasteiger partial charge in [-0.1, -0.05) is 49.4 Å². The molecule has 1 fully saturated rings. The number of hydrogen-bond donors (Lipinski definition) is 0. The van der Waals surface area contributed by atoms with Crippen LogP contribution in [0.1, 0.15) is 31.2 Å². The average molecular weight is 400 g/mol. The summed E-state index contributed by atoms with van der Waals surface area (Å²) in [7, 11) is 0. The third kappa shape index (κ3) is 4.48. The lowest BCUT2D eigenvalue weighted by Crippen LogP contribution is -2.45. The van der Waals surface area contributed by atoms with Crippen LogP contribution in [0.4, 0.5) is 10.1 Å². The molecule has 148 valence electrons. The zero-order chi connectivity index (χ0) is 18.6. The van der Waals surface area contributed by atoms with Gasteiger partial charge >= 0.3 is 0 Å². The fraction of sp³-hybridized carbons (Fsp3) is 0.333. The number of benzene rings is 3. The molecule has 3 aromatic carbocycles. The number of rotatable bonds is 5. The lowest BCUT2D eigenvalue weighted by atomic mass is 9.90. The normalized spacial score (nSPS) is 17.9. The summed E-state index contributed by atoms with van der Waals surface area (Å²) in [6, 6.07) is 22.4. The topological polar surface area (TPSA) is 12.5 Å². The Balaban J connectivity index is 0.00000225. The first-order valence-corrected chi connectivity index (χ1v) is 9.80. The molecule has 3 aromatic rings. The van der Waals surface area contributed by atoms with Gasteiger partial charge in [0.25, 0.3) is 0 Å². The molecule has 0 aromatic heterocycles. The van der Waals surface area contributed by atoms with E-state index in [9.17, 15) is 4.39 Å². The minimum absolute atomic E-state index is 0. The van der Waals surface area contributed by atoms with Crippen molar-refractivity contribution < 1.29 is 9.13 Å². The van der Waals surface area contributed by atoms with Crippen molar-refractivity contribution in [2.45, 2.75) is 31.7 Å². The number of anilines is 1. The molecule has 4 heteroatoms. The summed E-state index contributed by atoms with van der Waals surface area (Å²) in [5.41, 5.74) is 2.50. The Kier molecular flexibility index (Phi) is 6.93. The second-order valence-corrected chi connectivity index (χ2v) is 7.45. The van der Waals surface area contributed by atoms with Crippen molar-refractivity contribution in [3.8, 4) is 0 Å². The van der Waals surface area contributed by atoms with Crippen molar-refractivity contribution in [1.29, 1.82) is 0 Å². The second-order valence-electron chi connectivity index (χ2n) is 7.45. The van der Waals surface area contributed by atoms with Gasteiger partial charge in [0.1, 0.15) is 5.82 Å². The number of morpholine rings is 1. The molecule has 4 rings (SSSR count). The minimum atomic E-state index is -0.187. The van der Waals surface area contributed by atoms with Gasteiger partial charge in [-0.3, -0.25) is 0 Å². The summed E-state index contributed by atoms with van der Waals surface area (Å²) in [4.78, 5) is 2.37. The van der Waals surface area contributed by atoms with Crippen LogP contribution in [0.15, 0.2) is 66.7 Å². The first-order chi connectivity index (χ1) is 13.2. The van der Waals surface area contributed by atoms with Gasteiger partial charge in [0.05, 0.1) is 19.3 Å². The molecule has 0 aliphatic carbocycles. The Morgan fingerprint density at radius 3 is 2.61 bits per heavy atom. The molecular formula is C24H27ClFNO.